The highest BCUT2D eigenvalue weighted by molar-refractivity contribution is 7.17. The molecule has 14 heteroatoms. The van der Waals surface area contributed by atoms with Crippen LogP contribution in [0.5, 0.6) is 17.2 Å². The van der Waals surface area contributed by atoms with Crippen molar-refractivity contribution in [3.63, 3.8) is 0 Å². The average molecular weight is 515 g/mol. The number of hydrogen-bond acceptors (Lipinski definition) is 12. The Morgan fingerprint density at radius 1 is 1.25 bits per heavy atom. The third-order valence-corrected chi connectivity index (χ3v) is 5.71. The molecule has 4 rings (SSSR count). The molecule has 1 unspecified atom stereocenters. The van der Waals surface area contributed by atoms with Gasteiger partial charge in [-0.15, -0.1) is 10.2 Å². The number of amides is 1. The van der Waals surface area contributed by atoms with Crippen molar-refractivity contribution in [1.82, 2.24) is 20.0 Å². The van der Waals surface area contributed by atoms with Crippen molar-refractivity contribution in [3.8, 4) is 33.5 Å². The van der Waals surface area contributed by atoms with E-state index in [1.54, 1.807) is 31.2 Å². The van der Waals surface area contributed by atoms with Gasteiger partial charge >= 0.3 is 5.63 Å². The van der Waals surface area contributed by atoms with Gasteiger partial charge in [-0.3, -0.25) is 10.1 Å². The predicted molar refractivity (Wildman–Crippen MR) is 130 cm³/mol. The topological polar surface area (TPSA) is 177 Å². The molecule has 1 amide bonds. The van der Waals surface area contributed by atoms with E-state index in [1.807, 2.05) is 0 Å². The summed E-state index contributed by atoms with van der Waals surface area (Å²) in [6, 6.07) is 7.94. The fourth-order valence-corrected chi connectivity index (χ4v) is 3.95. The van der Waals surface area contributed by atoms with Crippen molar-refractivity contribution in [2.45, 2.75) is 13.0 Å². The lowest BCUT2D eigenvalue weighted by Crippen LogP contribution is -2.22. The third kappa shape index (κ3) is 4.85. The summed E-state index contributed by atoms with van der Waals surface area (Å²) in [5.41, 5.74) is 5.42. The third-order valence-electron chi connectivity index (χ3n) is 4.89. The molecule has 0 saturated heterocycles. The van der Waals surface area contributed by atoms with E-state index >= 15 is 0 Å². The molecule has 4 aromatic rings. The molecule has 3 aromatic heterocycles. The van der Waals surface area contributed by atoms with Crippen LogP contribution in [0.15, 0.2) is 45.7 Å². The van der Waals surface area contributed by atoms with Gasteiger partial charge in [0.05, 0.1) is 32.6 Å². The number of hydrogen-bond donors (Lipinski definition) is 3. The van der Waals surface area contributed by atoms with E-state index in [0.29, 0.717) is 28.0 Å². The molecule has 188 valence electrons. The number of nitrogen functional groups attached to an aromatic ring is 1. The Morgan fingerprint density at radius 2 is 1.97 bits per heavy atom. The van der Waals surface area contributed by atoms with E-state index in [2.05, 4.69) is 20.6 Å². The Hall–Kier alpha value is -4.43. The summed E-state index contributed by atoms with van der Waals surface area (Å²) in [6.45, 7) is 1.22. The number of nitrogens with two attached hydrogens (primary N) is 1. The number of anilines is 2. The largest absolute Gasteiger partial charge is 0.496 e. The molecule has 0 fully saturated rings. The van der Waals surface area contributed by atoms with Crippen LogP contribution in [0.25, 0.3) is 16.3 Å². The Bertz CT molecular complexity index is 1420. The summed E-state index contributed by atoms with van der Waals surface area (Å²) in [7, 11) is 2.90. The summed E-state index contributed by atoms with van der Waals surface area (Å²) in [5.74, 6) is -0.249. The molecule has 0 bridgehead atoms. The van der Waals surface area contributed by atoms with Crippen LogP contribution in [-0.2, 0) is 0 Å². The molecule has 0 aliphatic carbocycles. The number of aliphatic hydroxyl groups excluding tert-OH is 1. The SMILES string of the molecule is COc1cccc(OC)c1-c1cc(C(=O)Nc2nnc(-n3nccc3N)s2)oc(=O)c1OC(C)CO. The minimum absolute atomic E-state index is 0.123. The average Bonchev–Trinajstić information content (AvgIpc) is 3.52. The molecular weight excluding hydrogens is 492 g/mol. The molecule has 0 saturated carbocycles. The van der Waals surface area contributed by atoms with Crippen LogP contribution in [-0.4, -0.2) is 57.9 Å². The van der Waals surface area contributed by atoms with Gasteiger partial charge in [-0.25, -0.2) is 4.79 Å². The second kappa shape index (κ2) is 10.5. The number of carbonyl (C=O) groups excluding carboxylic acids is 1. The standard InChI is InChI=1S/C22H22N6O7S/c1-11(10-29)34-18-12(17-13(32-2)5-4-6-14(17)33-3)9-15(35-20(18)31)19(30)25-21-26-27-22(36-21)28-16(23)7-8-24-28/h4-9,11,29H,10,23H2,1-3H3,(H,25,26,30). The van der Waals surface area contributed by atoms with E-state index < -0.39 is 17.6 Å². The van der Waals surface area contributed by atoms with E-state index in [1.165, 1.54) is 31.2 Å². The number of methoxy groups -OCH3 is 2. The molecule has 0 spiro atoms. The number of carbonyl (C=O) groups is 1. The first-order chi connectivity index (χ1) is 17.4. The maximum atomic E-state index is 13.0. The van der Waals surface area contributed by atoms with E-state index in [-0.39, 0.29) is 28.8 Å². The Kier molecular flexibility index (Phi) is 7.17. The first-order valence-corrected chi connectivity index (χ1v) is 11.3. The Labute approximate surface area is 208 Å². The van der Waals surface area contributed by atoms with Gasteiger partial charge in [0.15, 0.2) is 5.76 Å². The van der Waals surface area contributed by atoms with Gasteiger partial charge in [0, 0.05) is 11.6 Å². The summed E-state index contributed by atoms with van der Waals surface area (Å²) in [5, 5.41) is 24.3. The number of ether oxygens (including phenoxy) is 3. The zero-order valence-corrected chi connectivity index (χ0v) is 20.2. The number of aromatic nitrogens is 4. The molecule has 0 aliphatic heterocycles. The molecule has 3 heterocycles. The minimum atomic E-state index is -0.937. The van der Waals surface area contributed by atoms with Crippen molar-refractivity contribution in [2.24, 2.45) is 0 Å². The molecule has 1 aromatic carbocycles. The van der Waals surface area contributed by atoms with Crippen molar-refractivity contribution >= 4 is 28.2 Å². The predicted octanol–water partition coefficient (Wildman–Crippen LogP) is 1.96. The normalized spacial score (nSPS) is 11.7. The summed E-state index contributed by atoms with van der Waals surface area (Å²) in [4.78, 5) is 26.0. The summed E-state index contributed by atoms with van der Waals surface area (Å²) in [6.07, 6.45) is 0.764. The fourth-order valence-electron chi connectivity index (χ4n) is 3.23. The second-order valence-corrected chi connectivity index (χ2v) is 8.26. The van der Waals surface area contributed by atoms with Crippen molar-refractivity contribution in [3.05, 3.63) is 52.7 Å². The van der Waals surface area contributed by atoms with E-state index in [4.69, 9.17) is 24.4 Å². The number of rotatable bonds is 9. The quantitative estimate of drug-likeness (QED) is 0.297. The highest BCUT2D eigenvalue weighted by Gasteiger charge is 2.25. The van der Waals surface area contributed by atoms with Crippen LogP contribution < -0.4 is 30.9 Å². The summed E-state index contributed by atoms with van der Waals surface area (Å²) >= 11 is 1.01. The van der Waals surface area contributed by atoms with Crippen LogP contribution in [0.2, 0.25) is 0 Å². The van der Waals surface area contributed by atoms with Crippen molar-refractivity contribution < 1.29 is 28.5 Å². The molecule has 36 heavy (non-hydrogen) atoms. The molecule has 1 atom stereocenters. The van der Waals surface area contributed by atoms with Gasteiger partial charge < -0.3 is 29.5 Å². The monoisotopic (exact) mass is 514 g/mol. The van der Waals surface area contributed by atoms with Crippen molar-refractivity contribution in [1.29, 1.82) is 0 Å². The van der Waals surface area contributed by atoms with E-state index in [9.17, 15) is 14.7 Å². The van der Waals surface area contributed by atoms with Crippen LogP contribution >= 0.6 is 11.3 Å². The zero-order chi connectivity index (χ0) is 25.8. The smallest absolute Gasteiger partial charge is 0.379 e. The van der Waals surface area contributed by atoms with Crippen molar-refractivity contribution in [2.75, 3.05) is 31.9 Å². The highest BCUT2D eigenvalue weighted by atomic mass is 32.1. The van der Waals surface area contributed by atoms with Crippen LogP contribution in [0.3, 0.4) is 0 Å². The van der Waals surface area contributed by atoms with Crippen LogP contribution in [0.1, 0.15) is 17.5 Å². The molecule has 0 aliphatic rings. The highest BCUT2D eigenvalue weighted by Crippen LogP contribution is 2.42. The lowest BCUT2D eigenvalue weighted by atomic mass is 10.0. The number of nitrogens with zero attached hydrogens (tertiary/aromatic N) is 4. The van der Waals surface area contributed by atoms with E-state index in [0.717, 1.165) is 11.3 Å². The minimum Gasteiger partial charge on any atom is -0.496 e. The first kappa shape index (κ1) is 24.7. The molecule has 0 radical (unpaired) electrons. The number of benzene rings is 1. The van der Waals surface area contributed by atoms with Gasteiger partial charge in [-0.1, -0.05) is 17.4 Å². The van der Waals surface area contributed by atoms with Gasteiger partial charge in [-0.2, -0.15) is 9.78 Å². The van der Waals surface area contributed by atoms with Gasteiger partial charge in [0.2, 0.25) is 16.0 Å². The first-order valence-electron chi connectivity index (χ1n) is 10.5. The maximum Gasteiger partial charge on any atom is 0.379 e. The van der Waals surface area contributed by atoms with Gasteiger partial charge in [-0.05, 0) is 25.1 Å². The fraction of sp³-hybridized carbons (Fsp3) is 0.227. The van der Waals surface area contributed by atoms with Crippen LogP contribution in [0.4, 0.5) is 10.9 Å². The van der Waals surface area contributed by atoms with Crippen LogP contribution in [0, 0.1) is 0 Å². The Balaban J connectivity index is 1.76. The van der Waals surface area contributed by atoms with Gasteiger partial charge in [0.25, 0.3) is 5.91 Å². The molecule has 13 nitrogen and oxygen atoms in total. The maximum absolute atomic E-state index is 13.0. The number of aliphatic hydroxyl groups is 1. The molecule has 4 N–H and O–H groups in total. The second-order valence-electron chi connectivity index (χ2n) is 7.30. The molecular formula is C22H22N6O7S. The Morgan fingerprint density at radius 3 is 2.58 bits per heavy atom. The summed E-state index contributed by atoms with van der Waals surface area (Å²) < 4.78 is 23.2. The lowest BCUT2D eigenvalue weighted by molar-refractivity contribution is 0.0986. The number of nitrogens with one attached hydrogen (secondary N) is 1. The lowest BCUT2D eigenvalue weighted by Gasteiger charge is -2.18. The zero-order valence-electron chi connectivity index (χ0n) is 19.4. The van der Waals surface area contributed by atoms with Gasteiger partial charge in [0.1, 0.15) is 23.4 Å².